The topological polar surface area (TPSA) is 131 Å². The van der Waals surface area contributed by atoms with Gasteiger partial charge in [0.25, 0.3) is 0 Å². The van der Waals surface area contributed by atoms with E-state index in [0.717, 1.165) is 26.1 Å². The van der Waals surface area contributed by atoms with E-state index in [1.54, 1.807) is 66.4 Å². The van der Waals surface area contributed by atoms with Gasteiger partial charge in [-0.3, -0.25) is 28.8 Å². The normalized spacial score (nSPS) is 26.0. The maximum absolute atomic E-state index is 15.2. The first-order valence-electron chi connectivity index (χ1n) is 18.1. The molecule has 9 rings (SSSR count). The molecule has 0 bridgehead atoms. The third-order valence-corrected chi connectivity index (χ3v) is 13.9. The number of nitrogens with zero attached hydrogens (tertiary/aromatic N) is 4. The van der Waals surface area contributed by atoms with Gasteiger partial charge < -0.3 is 14.6 Å². The van der Waals surface area contributed by atoms with Crippen molar-refractivity contribution in [1.29, 1.82) is 0 Å². The number of aromatic nitrogens is 2. The zero-order chi connectivity index (χ0) is 38.7. The van der Waals surface area contributed by atoms with Crippen LogP contribution in [0.5, 0.6) is 17.2 Å². The van der Waals surface area contributed by atoms with Crippen molar-refractivity contribution in [3.05, 3.63) is 94.5 Å². The number of phenols is 1. The van der Waals surface area contributed by atoms with E-state index in [1.165, 1.54) is 30.1 Å². The number of allylic oxidation sites excluding steroid dienone is 2. The van der Waals surface area contributed by atoms with Crippen molar-refractivity contribution in [3.8, 4) is 27.8 Å². The van der Waals surface area contributed by atoms with Crippen molar-refractivity contribution in [2.24, 2.45) is 36.1 Å². The van der Waals surface area contributed by atoms with Crippen molar-refractivity contribution < 1.29 is 33.8 Å². The second-order valence-electron chi connectivity index (χ2n) is 15.0. The molecule has 1 N–H and O–H groups in total. The van der Waals surface area contributed by atoms with Crippen molar-refractivity contribution in [1.82, 2.24) is 9.78 Å². The average molecular weight is 777 g/mol. The van der Waals surface area contributed by atoms with Gasteiger partial charge in [0.05, 0.1) is 48.0 Å². The van der Waals surface area contributed by atoms with Crippen LogP contribution in [0.3, 0.4) is 0 Å². The number of carbonyl (C=O) groups excluding carboxylic acids is 4. The number of aryl methyl sites for hydroxylation is 2. The molecule has 4 heterocycles. The van der Waals surface area contributed by atoms with Gasteiger partial charge in [-0.1, -0.05) is 41.4 Å². The van der Waals surface area contributed by atoms with E-state index in [4.69, 9.17) is 26.2 Å². The van der Waals surface area contributed by atoms with E-state index < -0.39 is 46.8 Å². The number of hydrogen-bond acceptors (Lipinski definition) is 9. The highest BCUT2D eigenvalue weighted by Gasteiger charge is 2.68. The molecule has 13 heteroatoms. The Kier molecular flexibility index (Phi) is 8.04. The Morgan fingerprint density at radius 2 is 1.69 bits per heavy atom. The molecule has 6 atom stereocenters. The number of phenolic OH excluding ortho intramolecular Hbond substituents is 1. The number of anilines is 2. The van der Waals surface area contributed by atoms with E-state index in [0.29, 0.717) is 33.5 Å². The highest BCUT2D eigenvalue weighted by Crippen LogP contribution is 2.66. The fourth-order valence-electron chi connectivity index (χ4n) is 9.75. The van der Waals surface area contributed by atoms with Gasteiger partial charge >= 0.3 is 0 Å². The maximum atomic E-state index is 15.2. The van der Waals surface area contributed by atoms with Gasteiger partial charge in [0.15, 0.2) is 0 Å². The highest BCUT2D eigenvalue weighted by atomic mass is 35.5. The monoisotopic (exact) mass is 776 g/mol. The van der Waals surface area contributed by atoms with Gasteiger partial charge in [-0.05, 0) is 73.9 Å². The van der Waals surface area contributed by atoms with E-state index in [9.17, 15) is 19.5 Å². The summed E-state index contributed by atoms with van der Waals surface area (Å²) in [6.07, 6.45) is 2.36. The molecule has 55 heavy (non-hydrogen) atoms. The van der Waals surface area contributed by atoms with Gasteiger partial charge in [-0.2, -0.15) is 5.10 Å². The highest BCUT2D eigenvalue weighted by molar-refractivity contribution is 7.22. The molecule has 2 aromatic heterocycles. The summed E-state index contributed by atoms with van der Waals surface area (Å²) in [7, 11) is 4.64. The minimum atomic E-state index is -1.43. The molecule has 3 aromatic carbocycles. The van der Waals surface area contributed by atoms with Crippen molar-refractivity contribution in [2.75, 3.05) is 24.0 Å². The molecule has 11 nitrogen and oxygen atoms in total. The quantitative estimate of drug-likeness (QED) is 0.139. The predicted octanol–water partition coefficient (Wildman–Crippen LogP) is 7.42. The van der Waals surface area contributed by atoms with Crippen molar-refractivity contribution in [3.63, 3.8) is 0 Å². The van der Waals surface area contributed by atoms with Crippen molar-refractivity contribution >= 4 is 68.2 Å². The SMILES string of the molecule is COc1cc(O)c([C@H]2C3=CC[C@@H]4C(=O)N(c5ccccc5)C(=O)[C@@H]4[C@@H]3C[C@H]3C(=O)N(c4cc(-c5sc6ccc(Cl)cc6c5C)nn4C)C(=O)[C@@]23C)c(OC)c1. The lowest BCUT2D eigenvalue weighted by Crippen LogP contribution is -2.49. The number of benzene rings is 3. The molecule has 2 aliphatic heterocycles. The second-order valence-corrected chi connectivity index (χ2v) is 16.5. The summed E-state index contributed by atoms with van der Waals surface area (Å²) in [4.78, 5) is 62.0. The first-order chi connectivity index (χ1) is 26.4. The number of ether oxygens (including phenoxy) is 2. The smallest absolute Gasteiger partial charge is 0.242 e. The Morgan fingerprint density at radius 1 is 0.927 bits per heavy atom. The number of hydrogen-bond donors (Lipinski definition) is 1. The number of amides is 4. The molecule has 3 fully saturated rings. The molecular weight excluding hydrogens is 740 g/mol. The molecule has 280 valence electrons. The summed E-state index contributed by atoms with van der Waals surface area (Å²) in [5, 5.41) is 18.2. The summed E-state index contributed by atoms with van der Waals surface area (Å²) in [6.45, 7) is 3.76. The van der Waals surface area contributed by atoms with E-state index in [1.807, 2.05) is 37.3 Å². The number of carbonyl (C=O) groups is 4. The fourth-order valence-corrected chi connectivity index (χ4v) is 11.1. The number of imide groups is 2. The minimum Gasteiger partial charge on any atom is -0.507 e. The number of aromatic hydroxyl groups is 1. The van der Waals surface area contributed by atoms with Crippen molar-refractivity contribution in [2.45, 2.75) is 32.6 Å². The Labute approximate surface area is 325 Å². The fraction of sp³-hybridized carbons (Fsp3) is 0.310. The van der Waals surface area contributed by atoms with Gasteiger partial charge in [0, 0.05) is 46.5 Å². The van der Waals surface area contributed by atoms with Gasteiger partial charge in [0.1, 0.15) is 28.8 Å². The summed E-state index contributed by atoms with van der Waals surface area (Å²) in [6, 6.07) is 19.4. The largest absolute Gasteiger partial charge is 0.507 e. The summed E-state index contributed by atoms with van der Waals surface area (Å²) >= 11 is 7.88. The lowest BCUT2D eigenvalue weighted by molar-refractivity contribution is -0.131. The molecule has 4 amide bonds. The molecule has 2 saturated heterocycles. The minimum absolute atomic E-state index is 0.156. The number of halogens is 1. The van der Waals surface area contributed by atoms with Crippen LogP contribution in [-0.2, 0) is 26.2 Å². The average Bonchev–Trinajstić information content (AvgIpc) is 3.85. The standard InChI is InChI=1S/C42H37ClN4O7S/c1-20-26-15-21(43)11-14-32(26)55-37(20)29-19-33(45(3)44-29)47-39(50)28-18-27-24(12-13-25-34(27)40(51)46(38(25)49)22-9-7-6-8-10-22)36(42(28,2)41(47)52)35-30(48)16-23(53-4)17-31(35)54-5/h6-12,14-17,19,25,27-28,34,36,48H,13,18H2,1-5H3/t25-,27+,28-,34-,36+,42+/m0/s1. The zero-order valence-corrected chi connectivity index (χ0v) is 32.3. The Hall–Kier alpha value is -5.46. The summed E-state index contributed by atoms with van der Waals surface area (Å²) < 4.78 is 13.9. The number of fused-ring (bicyclic) bond motifs is 5. The molecular formula is C42H37ClN4O7S. The molecule has 0 unspecified atom stereocenters. The lowest BCUT2D eigenvalue weighted by Gasteiger charge is -2.49. The van der Waals surface area contributed by atoms with Crippen LogP contribution in [0, 0.1) is 36.0 Å². The van der Waals surface area contributed by atoms with Crippen LogP contribution in [-0.4, -0.2) is 52.7 Å². The second kappa shape index (κ2) is 12.5. The number of para-hydroxylation sites is 1. The Bertz CT molecular complexity index is 2530. The van der Waals surface area contributed by atoms with Gasteiger partial charge in [-0.15, -0.1) is 11.3 Å². The van der Waals surface area contributed by atoms with Crippen LogP contribution < -0.4 is 19.3 Å². The lowest BCUT2D eigenvalue weighted by atomic mass is 9.51. The van der Waals surface area contributed by atoms with Crippen LogP contribution in [0.2, 0.25) is 5.02 Å². The van der Waals surface area contributed by atoms with Crippen LogP contribution in [0.4, 0.5) is 11.5 Å². The maximum Gasteiger partial charge on any atom is 0.242 e. The molecule has 0 radical (unpaired) electrons. The molecule has 2 aliphatic carbocycles. The summed E-state index contributed by atoms with van der Waals surface area (Å²) in [5.74, 6) is -4.57. The Balaban J connectivity index is 1.19. The zero-order valence-electron chi connectivity index (χ0n) is 30.7. The first kappa shape index (κ1) is 35.3. The molecule has 5 aromatic rings. The van der Waals surface area contributed by atoms with Crippen LogP contribution in [0.25, 0.3) is 20.7 Å². The number of thiophene rings is 1. The number of rotatable bonds is 6. The number of methoxy groups -OCH3 is 2. The third kappa shape index (κ3) is 4.90. The predicted molar refractivity (Wildman–Crippen MR) is 209 cm³/mol. The molecule has 1 saturated carbocycles. The first-order valence-corrected chi connectivity index (χ1v) is 19.3. The third-order valence-electron chi connectivity index (χ3n) is 12.3. The van der Waals surface area contributed by atoms with Crippen LogP contribution >= 0.6 is 22.9 Å². The van der Waals surface area contributed by atoms with E-state index in [-0.39, 0.29) is 36.2 Å². The molecule has 4 aliphatic rings. The Morgan fingerprint density at radius 3 is 2.42 bits per heavy atom. The van der Waals surface area contributed by atoms with Crippen LogP contribution in [0.1, 0.15) is 36.8 Å². The van der Waals surface area contributed by atoms with Gasteiger partial charge in [-0.25, -0.2) is 4.90 Å². The van der Waals surface area contributed by atoms with E-state index >= 15 is 4.79 Å². The molecule has 0 spiro atoms. The van der Waals surface area contributed by atoms with E-state index in [2.05, 4.69) is 0 Å². The van der Waals surface area contributed by atoms with Crippen LogP contribution in [0.15, 0.2) is 78.4 Å². The van der Waals surface area contributed by atoms with Gasteiger partial charge in [0.2, 0.25) is 23.6 Å². The summed E-state index contributed by atoms with van der Waals surface area (Å²) in [5.41, 5.74) is 1.69.